The first-order valence-electron chi connectivity index (χ1n) is 7.71. The molecule has 1 atom stereocenters. The first-order valence-corrected chi connectivity index (χ1v) is 9.19. The van der Waals surface area contributed by atoms with Gasteiger partial charge in [0.05, 0.1) is 17.1 Å². The van der Waals surface area contributed by atoms with E-state index in [1.54, 1.807) is 0 Å². The number of aromatic nitrogens is 2. The Morgan fingerprint density at radius 2 is 1.65 bits per heavy atom. The molecule has 6 heteroatoms. The average Bonchev–Trinajstić information content (AvgIpc) is 2.64. The van der Waals surface area contributed by atoms with Crippen LogP contribution in [0.1, 0.15) is 35.0 Å². The molecule has 0 fully saturated rings. The van der Waals surface area contributed by atoms with Gasteiger partial charge in [0.1, 0.15) is 0 Å². The largest absolute Gasteiger partial charge is 0.268 e. The lowest BCUT2D eigenvalue weighted by atomic mass is 10.1. The molecule has 1 unspecified atom stereocenters. The number of nitrogens with zero attached hydrogens (tertiary/aromatic N) is 2. The molecular weight excluding hydrogens is 310 g/mol. The van der Waals surface area contributed by atoms with Crippen LogP contribution in [0.4, 0.5) is 0 Å². The summed E-state index contributed by atoms with van der Waals surface area (Å²) in [6.45, 7) is 11.9. The maximum absolute atomic E-state index is 12.7. The highest BCUT2D eigenvalue weighted by Crippen LogP contribution is 2.22. The molecule has 0 saturated heterocycles. The Kier molecular flexibility index (Phi) is 4.96. The van der Waals surface area contributed by atoms with Gasteiger partial charge in [-0.05, 0) is 58.7 Å². The van der Waals surface area contributed by atoms with Crippen LogP contribution in [0.3, 0.4) is 0 Å². The van der Waals surface area contributed by atoms with Gasteiger partial charge in [0.15, 0.2) is 0 Å². The predicted octanol–water partition coefficient (Wildman–Crippen LogP) is 2.79. The molecule has 2 aromatic rings. The lowest BCUT2D eigenvalue weighted by molar-refractivity contribution is 0.485. The molecule has 0 aliphatic carbocycles. The van der Waals surface area contributed by atoms with E-state index in [-0.39, 0.29) is 6.04 Å². The molecule has 0 saturated carbocycles. The number of nitrogens with one attached hydrogen (secondary N) is 1. The first-order chi connectivity index (χ1) is 10.6. The number of rotatable bonds is 5. The zero-order chi connectivity index (χ0) is 17.4. The Bertz CT molecular complexity index is 799. The molecular formula is C17H25N3O2S. The summed E-state index contributed by atoms with van der Waals surface area (Å²) in [4.78, 5) is 0.378. The van der Waals surface area contributed by atoms with Crippen molar-refractivity contribution in [1.29, 1.82) is 0 Å². The zero-order valence-electron chi connectivity index (χ0n) is 14.6. The monoisotopic (exact) mass is 335 g/mol. The third kappa shape index (κ3) is 4.00. The highest BCUT2D eigenvalue weighted by Gasteiger charge is 2.22. The molecule has 0 amide bonds. The summed E-state index contributed by atoms with van der Waals surface area (Å²) < 4.78 is 30.1. The molecule has 2 rings (SSSR count). The Balaban J connectivity index is 2.23. The second-order valence-corrected chi connectivity index (χ2v) is 8.01. The Labute approximate surface area is 138 Å². The molecule has 0 bridgehead atoms. The number of benzene rings is 1. The van der Waals surface area contributed by atoms with Gasteiger partial charge in [-0.3, -0.25) is 4.68 Å². The summed E-state index contributed by atoms with van der Waals surface area (Å²) >= 11 is 0. The lowest BCUT2D eigenvalue weighted by Crippen LogP contribution is -2.36. The van der Waals surface area contributed by atoms with E-state index in [2.05, 4.69) is 9.82 Å². The molecule has 126 valence electrons. The van der Waals surface area contributed by atoms with Gasteiger partial charge in [0, 0.05) is 11.7 Å². The first kappa shape index (κ1) is 17.7. The highest BCUT2D eigenvalue weighted by molar-refractivity contribution is 7.89. The van der Waals surface area contributed by atoms with Crippen LogP contribution < -0.4 is 4.72 Å². The van der Waals surface area contributed by atoms with Crippen LogP contribution in [0.15, 0.2) is 23.1 Å². The van der Waals surface area contributed by atoms with Gasteiger partial charge < -0.3 is 0 Å². The molecule has 0 aliphatic heterocycles. The van der Waals surface area contributed by atoms with Crippen LogP contribution in [0.25, 0.3) is 0 Å². The third-order valence-corrected chi connectivity index (χ3v) is 5.67. The highest BCUT2D eigenvalue weighted by atomic mass is 32.2. The van der Waals surface area contributed by atoms with Crippen LogP contribution >= 0.6 is 0 Å². The maximum Gasteiger partial charge on any atom is 0.241 e. The summed E-state index contributed by atoms with van der Waals surface area (Å²) in [6.07, 6.45) is 0. The van der Waals surface area contributed by atoms with Crippen molar-refractivity contribution in [3.8, 4) is 0 Å². The van der Waals surface area contributed by atoms with Crippen LogP contribution in [0.2, 0.25) is 0 Å². The van der Waals surface area contributed by atoms with Crippen molar-refractivity contribution in [1.82, 2.24) is 14.5 Å². The Morgan fingerprint density at radius 3 is 2.13 bits per heavy atom. The van der Waals surface area contributed by atoms with Gasteiger partial charge in [0.2, 0.25) is 10.0 Å². The fourth-order valence-corrected chi connectivity index (χ4v) is 4.76. The van der Waals surface area contributed by atoms with Crippen molar-refractivity contribution < 1.29 is 8.42 Å². The van der Waals surface area contributed by atoms with E-state index in [0.717, 1.165) is 28.1 Å². The smallest absolute Gasteiger partial charge is 0.241 e. The standard InChI is InChI=1S/C17H25N3O2S/c1-11-7-12(2)17(13(3)8-11)23(21,22)19-15(5)10-20-16(6)9-14(4)18-20/h7-9,15,19H,10H2,1-6H3. The molecule has 1 aromatic carbocycles. The molecule has 5 nitrogen and oxygen atoms in total. The van der Waals surface area contributed by atoms with E-state index in [9.17, 15) is 8.42 Å². The molecule has 1 heterocycles. The van der Waals surface area contributed by atoms with E-state index in [0.29, 0.717) is 11.4 Å². The zero-order valence-corrected chi connectivity index (χ0v) is 15.5. The Morgan fingerprint density at radius 1 is 1.09 bits per heavy atom. The average molecular weight is 335 g/mol. The molecule has 0 radical (unpaired) electrons. The van der Waals surface area contributed by atoms with Gasteiger partial charge in [-0.25, -0.2) is 13.1 Å². The second-order valence-electron chi connectivity index (χ2n) is 6.36. The SMILES string of the molecule is Cc1cc(C)c(S(=O)(=O)NC(C)Cn2nc(C)cc2C)c(C)c1. The van der Waals surface area contributed by atoms with Crippen molar-refractivity contribution in [2.45, 2.75) is 59.0 Å². The van der Waals surface area contributed by atoms with E-state index >= 15 is 0 Å². The molecule has 23 heavy (non-hydrogen) atoms. The Hall–Kier alpha value is -1.66. The number of sulfonamides is 1. The summed E-state index contributed by atoms with van der Waals surface area (Å²) in [5.74, 6) is 0. The van der Waals surface area contributed by atoms with Crippen LogP contribution in [0.5, 0.6) is 0 Å². The van der Waals surface area contributed by atoms with Crippen molar-refractivity contribution in [2.75, 3.05) is 0 Å². The third-order valence-electron chi connectivity index (χ3n) is 3.78. The van der Waals surface area contributed by atoms with Crippen LogP contribution in [-0.2, 0) is 16.6 Å². The van der Waals surface area contributed by atoms with Crippen molar-refractivity contribution >= 4 is 10.0 Å². The minimum atomic E-state index is -3.55. The van der Waals surface area contributed by atoms with Crippen molar-refractivity contribution in [3.63, 3.8) is 0 Å². The number of aryl methyl sites for hydroxylation is 5. The van der Waals surface area contributed by atoms with Gasteiger partial charge in [-0.15, -0.1) is 0 Å². The quantitative estimate of drug-likeness (QED) is 0.914. The lowest BCUT2D eigenvalue weighted by Gasteiger charge is -2.18. The van der Waals surface area contributed by atoms with Gasteiger partial charge >= 0.3 is 0 Å². The fraction of sp³-hybridized carbons (Fsp3) is 0.471. The van der Waals surface area contributed by atoms with E-state index in [1.807, 2.05) is 64.4 Å². The molecule has 0 aliphatic rings. The van der Waals surface area contributed by atoms with E-state index in [4.69, 9.17) is 0 Å². The molecule has 0 spiro atoms. The number of hydrogen-bond acceptors (Lipinski definition) is 3. The summed E-state index contributed by atoms with van der Waals surface area (Å²) in [5.41, 5.74) is 4.57. The molecule has 1 N–H and O–H groups in total. The normalized spacial score (nSPS) is 13.3. The minimum absolute atomic E-state index is 0.252. The van der Waals surface area contributed by atoms with E-state index < -0.39 is 10.0 Å². The topological polar surface area (TPSA) is 64.0 Å². The summed E-state index contributed by atoms with van der Waals surface area (Å²) in [6, 6.07) is 5.52. The summed E-state index contributed by atoms with van der Waals surface area (Å²) in [7, 11) is -3.55. The van der Waals surface area contributed by atoms with Crippen molar-refractivity contribution in [2.24, 2.45) is 0 Å². The maximum atomic E-state index is 12.7. The predicted molar refractivity (Wildman–Crippen MR) is 92.1 cm³/mol. The van der Waals surface area contributed by atoms with Crippen molar-refractivity contribution in [3.05, 3.63) is 46.3 Å². The van der Waals surface area contributed by atoms with E-state index in [1.165, 1.54) is 0 Å². The van der Waals surface area contributed by atoms with Gasteiger partial charge in [-0.2, -0.15) is 5.10 Å². The molecule has 1 aromatic heterocycles. The second kappa shape index (κ2) is 6.45. The fourth-order valence-electron chi connectivity index (χ4n) is 3.07. The van der Waals surface area contributed by atoms with Crippen LogP contribution in [0, 0.1) is 34.6 Å². The van der Waals surface area contributed by atoms with Crippen LogP contribution in [-0.4, -0.2) is 24.2 Å². The minimum Gasteiger partial charge on any atom is -0.268 e. The van der Waals surface area contributed by atoms with Gasteiger partial charge in [-0.1, -0.05) is 17.7 Å². The van der Waals surface area contributed by atoms with Gasteiger partial charge in [0.25, 0.3) is 0 Å². The summed E-state index contributed by atoms with van der Waals surface area (Å²) in [5, 5.41) is 4.38. The number of hydrogen-bond donors (Lipinski definition) is 1.